The maximum Gasteiger partial charge on any atom is 0.179 e. The van der Waals surface area contributed by atoms with E-state index in [1.165, 1.54) is 12.1 Å². The Morgan fingerprint density at radius 3 is 2.84 bits per heavy atom. The van der Waals surface area contributed by atoms with Gasteiger partial charge >= 0.3 is 0 Å². The van der Waals surface area contributed by atoms with Gasteiger partial charge in [0.05, 0.1) is 22.0 Å². The van der Waals surface area contributed by atoms with Crippen molar-refractivity contribution >= 4 is 27.1 Å². The van der Waals surface area contributed by atoms with Crippen LogP contribution in [0.4, 0.5) is 5.69 Å². The van der Waals surface area contributed by atoms with Gasteiger partial charge < -0.3 is 10.3 Å². The number of benzene rings is 1. The van der Waals surface area contributed by atoms with Gasteiger partial charge in [0.2, 0.25) is 0 Å². The van der Waals surface area contributed by atoms with Gasteiger partial charge in [-0.2, -0.15) is 0 Å². The van der Waals surface area contributed by atoms with E-state index in [1.54, 1.807) is 24.8 Å². The standard InChI is InChI=1S/C12H14ClN3O2S/c13-11-3-2-10(14)8-12(11)19(17,18)7-1-5-16-6-4-15-9-16/h2-4,6,8-9H,1,5,7,14H2. The molecule has 102 valence electrons. The summed E-state index contributed by atoms with van der Waals surface area (Å²) >= 11 is 5.91. The third kappa shape index (κ3) is 3.48. The lowest BCUT2D eigenvalue weighted by atomic mass is 10.3. The first-order valence-corrected chi connectivity index (χ1v) is 7.75. The molecule has 0 aliphatic rings. The summed E-state index contributed by atoms with van der Waals surface area (Å²) in [5.74, 6) is 0.0222. The first kappa shape index (κ1) is 13.9. The number of aryl methyl sites for hydroxylation is 1. The van der Waals surface area contributed by atoms with Crippen LogP contribution in [0.5, 0.6) is 0 Å². The predicted octanol–water partition coefficient (Wildman–Crippen LogP) is 1.98. The van der Waals surface area contributed by atoms with Crippen molar-refractivity contribution in [3.63, 3.8) is 0 Å². The molecule has 19 heavy (non-hydrogen) atoms. The van der Waals surface area contributed by atoms with Crippen LogP contribution in [0.15, 0.2) is 41.8 Å². The Morgan fingerprint density at radius 2 is 2.16 bits per heavy atom. The van der Waals surface area contributed by atoms with Gasteiger partial charge in [0.15, 0.2) is 9.84 Å². The maximum atomic E-state index is 12.2. The van der Waals surface area contributed by atoms with Crippen LogP contribution in [0.25, 0.3) is 0 Å². The minimum absolute atomic E-state index is 0.0222. The minimum Gasteiger partial charge on any atom is -0.399 e. The van der Waals surface area contributed by atoms with Gasteiger partial charge in [0, 0.05) is 24.6 Å². The number of imidazole rings is 1. The molecule has 0 spiro atoms. The summed E-state index contributed by atoms with van der Waals surface area (Å²) in [6, 6.07) is 4.47. The molecule has 1 heterocycles. The summed E-state index contributed by atoms with van der Waals surface area (Å²) in [7, 11) is -3.41. The van der Waals surface area contributed by atoms with Crippen molar-refractivity contribution in [3.05, 3.63) is 41.9 Å². The van der Waals surface area contributed by atoms with Crippen LogP contribution in [0.1, 0.15) is 6.42 Å². The van der Waals surface area contributed by atoms with Crippen LogP contribution < -0.4 is 5.73 Å². The van der Waals surface area contributed by atoms with Crippen molar-refractivity contribution in [1.82, 2.24) is 9.55 Å². The SMILES string of the molecule is Nc1ccc(Cl)c(S(=O)(=O)CCCn2ccnc2)c1. The van der Waals surface area contributed by atoms with Gasteiger partial charge in [-0.25, -0.2) is 13.4 Å². The fraction of sp³-hybridized carbons (Fsp3) is 0.250. The van der Waals surface area contributed by atoms with Crippen molar-refractivity contribution in [2.45, 2.75) is 17.9 Å². The largest absolute Gasteiger partial charge is 0.399 e. The molecule has 1 aromatic heterocycles. The van der Waals surface area contributed by atoms with E-state index in [-0.39, 0.29) is 15.7 Å². The van der Waals surface area contributed by atoms with E-state index in [0.29, 0.717) is 18.7 Å². The van der Waals surface area contributed by atoms with Crippen molar-refractivity contribution in [1.29, 1.82) is 0 Å². The van der Waals surface area contributed by atoms with Gasteiger partial charge in [-0.3, -0.25) is 0 Å². The number of hydrogen-bond acceptors (Lipinski definition) is 4. The average Bonchev–Trinajstić information content (AvgIpc) is 2.85. The lowest BCUT2D eigenvalue weighted by Crippen LogP contribution is -2.10. The van der Waals surface area contributed by atoms with Crippen molar-refractivity contribution in [2.24, 2.45) is 0 Å². The highest BCUT2D eigenvalue weighted by atomic mass is 35.5. The van der Waals surface area contributed by atoms with Crippen molar-refractivity contribution in [2.75, 3.05) is 11.5 Å². The molecule has 0 amide bonds. The molecule has 0 unspecified atom stereocenters. The second kappa shape index (κ2) is 5.63. The zero-order valence-corrected chi connectivity index (χ0v) is 11.7. The van der Waals surface area contributed by atoms with E-state index in [1.807, 2.05) is 4.57 Å². The highest BCUT2D eigenvalue weighted by molar-refractivity contribution is 7.91. The third-order valence-electron chi connectivity index (χ3n) is 2.68. The summed E-state index contributed by atoms with van der Waals surface area (Å²) in [6.07, 6.45) is 5.59. The van der Waals surface area contributed by atoms with Crippen molar-refractivity contribution in [3.8, 4) is 0 Å². The topological polar surface area (TPSA) is 78.0 Å². The fourth-order valence-corrected chi connectivity index (χ4v) is 3.60. The molecular formula is C12H14ClN3O2S. The van der Waals surface area contributed by atoms with Crippen LogP contribution in [0.3, 0.4) is 0 Å². The molecular weight excluding hydrogens is 286 g/mol. The van der Waals surface area contributed by atoms with Crippen molar-refractivity contribution < 1.29 is 8.42 Å². The Labute approximate surface area is 116 Å². The molecule has 0 bridgehead atoms. The van der Waals surface area contributed by atoms with Crippen LogP contribution in [0, 0.1) is 0 Å². The molecule has 0 saturated heterocycles. The number of rotatable bonds is 5. The minimum atomic E-state index is -3.41. The van der Waals surface area contributed by atoms with E-state index >= 15 is 0 Å². The van der Waals surface area contributed by atoms with E-state index in [2.05, 4.69) is 4.98 Å². The Kier molecular flexibility index (Phi) is 4.11. The summed E-state index contributed by atoms with van der Waals surface area (Å²) in [5, 5.41) is 0.205. The summed E-state index contributed by atoms with van der Waals surface area (Å²) in [4.78, 5) is 3.99. The fourth-order valence-electron chi connectivity index (χ4n) is 1.72. The lowest BCUT2D eigenvalue weighted by Gasteiger charge is -2.07. The first-order valence-electron chi connectivity index (χ1n) is 5.72. The van der Waals surface area contributed by atoms with Gasteiger partial charge in [-0.05, 0) is 24.6 Å². The van der Waals surface area contributed by atoms with E-state index in [4.69, 9.17) is 17.3 Å². The number of hydrogen-bond donors (Lipinski definition) is 1. The van der Waals surface area contributed by atoms with Crippen LogP contribution in [-0.2, 0) is 16.4 Å². The number of anilines is 1. The van der Waals surface area contributed by atoms with E-state index in [0.717, 1.165) is 0 Å². The smallest absolute Gasteiger partial charge is 0.179 e. The molecule has 0 saturated carbocycles. The molecule has 0 atom stereocenters. The quantitative estimate of drug-likeness (QED) is 0.856. The number of nitrogens with two attached hydrogens (primary N) is 1. The Morgan fingerprint density at radius 1 is 1.37 bits per heavy atom. The molecule has 0 radical (unpaired) electrons. The number of halogens is 1. The number of sulfone groups is 1. The Hall–Kier alpha value is -1.53. The van der Waals surface area contributed by atoms with Crippen LogP contribution >= 0.6 is 11.6 Å². The molecule has 0 aliphatic carbocycles. The second-order valence-electron chi connectivity index (χ2n) is 4.16. The molecule has 5 nitrogen and oxygen atoms in total. The van der Waals surface area contributed by atoms with E-state index in [9.17, 15) is 8.42 Å². The van der Waals surface area contributed by atoms with Crippen LogP contribution in [0.2, 0.25) is 5.02 Å². The molecule has 7 heteroatoms. The van der Waals surface area contributed by atoms with Gasteiger partial charge in [0.25, 0.3) is 0 Å². The first-order chi connectivity index (χ1) is 8.99. The highest BCUT2D eigenvalue weighted by Crippen LogP contribution is 2.25. The lowest BCUT2D eigenvalue weighted by molar-refractivity contribution is 0.586. The average molecular weight is 300 g/mol. The second-order valence-corrected chi connectivity index (χ2v) is 6.65. The van der Waals surface area contributed by atoms with Gasteiger partial charge in [-0.1, -0.05) is 11.6 Å². The number of nitrogen functional groups attached to an aromatic ring is 1. The predicted molar refractivity (Wildman–Crippen MR) is 74.8 cm³/mol. The summed E-state index contributed by atoms with van der Waals surface area (Å²) in [6.45, 7) is 0.596. The Bertz CT molecular complexity index is 654. The maximum absolute atomic E-state index is 12.2. The van der Waals surface area contributed by atoms with Gasteiger partial charge in [-0.15, -0.1) is 0 Å². The molecule has 2 aromatic rings. The number of nitrogens with zero attached hydrogens (tertiary/aromatic N) is 2. The Balaban J connectivity index is 2.07. The highest BCUT2D eigenvalue weighted by Gasteiger charge is 2.18. The molecule has 1 aromatic carbocycles. The monoisotopic (exact) mass is 299 g/mol. The summed E-state index contributed by atoms with van der Waals surface area (Å²) in [5.41, 5.74) is 5.98. The normalized spacial score (nSPS) is 11.6. The van der Waals surface area contributed by atoms with E-state index < -0.39 is 9.84 Å². The molecule has 2 rings (SSSR count). The molecule has 0 fully saturated rings. The zero-order chi connectivity index (χ0) is 13.9. The van der Waals surface area contributed by atoms with Gasteiger partial charge in [0.1, 0.15) is 0 Å². The number of aromatic nitrogens is 2. The molecule has 2 N–H and O–H groups in total. The molecule has 0 aliphatic heterocycles. The summed E-state index contributed by atoms with van der Waals surface area (Å²) < 4.78 is 26.2. The third-order valence-corrected chi connectivity index (χ3v) is 4.95. The van der Waals surface area contributed by atoms with Crippen LogP contribution in [-0.4, -0.2) is 23.7 Å². The zero-order valence-electron chi connectivity index (χ0n) is 10.2.